The third-order valence-electron chi connectivity index (χ3n) is 1.27. The van der Waals surface area contributed by atoms with Crippen LogP contribution < -0.4 is 0 Å². The molecule has 2 heterocycles. The van der Waals surface area contributed by atoms with Crippen LogP contribution in [-0.4, -0.2) is 15.0 Å². The Morgan fingerprint density at radius 1 is 1.40 bits per heavy atom. The summed E-state index contributed by atoms with van der Waals surface area (Å²) in [6.45, 7) is 0. The van der Waals surface area contributed by atoms with Gasteiger partial charge in [-0.1, -0.05) is 0 Å². The molecule has 0 bridgehead atoms. The summed E-state index contributed by atoms with van der Waals surface area (Å²) >= 11 is 2.17. The molecule has 0 saturated heterocycles. The normalized spacial score (nSPS) is 10.5. The molecule has 10 heavy (non-hydrogen) atoms. The number of hydrogen-bond acceptors (Lipinski definition) is 2. The van der Waals surface area contributed by atoms with Crippen molar-refractivity contribution in [3.63, 3.8) is 0 Å². The van der Waals surface area contributed by atoms with Crippen LogP contribution in [0.5, 0.6) is 0 Å². The number of nitrogens with zero attached hydrogens (tertiary/aromatic N) is 2. The van der Waals surface area contributed by atoms with Crippen LogP contribution in [0.25, 0.3) is 11.0 Å². The number of imidazole rings is 1. The average molecular weight is 245 g/mol. The summed E-state index contributed by atoms with van der Waals surface area (Å²) in [5, 5.41) is 0. The second kappa shape index (κ2) is 2.19. The SMILES string of the molecule is Ic1cc2[nH]cnc2cn1. The first-order valence-corrected chi connectivity index (χ1v) is 3.89. The Balaban J connectivity index is 2.86. The van der Waals surface area contributed by atoms with Gasteiger partial charge in [-0.05, 0) is 28.7 Å². The lowest BCUT2D eigenvalue weighted by molar-refractivity contribution is 1.29. The lowest BCUT2D eigenvalue weighted by Gasteiger charge is -1.86. The molecule has 2 rings (SSSR count). The molecular weight excluding hydrogens is 241 g/mol. The highest BCUT2D eigenvalue weighted by Crippen LogP contribution is 2.09. The largest absolute Gasteiger partial charge is 0.344 e. The highest BCUT2D eigenvalue weighted by molar-refractivity contribution is 14.1. The Labute approximate surface area is 71.0 Å². The van der Waals surface area contributed by atoms with Crippen molar-refractivity contribution < 1.29 is 0 Å². The number of H-pyrrole nitrogens is 1. The average Bonchev–Trinajstić information content (AvgIpc) is 2.33. The molecule has 50 valence electrons. The zero-order valence-electron chi connectivity index (χ0n) is 5.00. The number of aromatic amines is 1. The maximum atomic E-state index is 4.08. The van der Waals surface area contributed by atoms with Gasteiger partial charge in [-0.2, -0.15) is 0 Å². The van der Waals surface area contributed by atoms with Gasteiger partial charge in [-0.3, -0.25) is 0 Å². The fourth-order valence-electron chi connectivity index (χ4n) is 0.813. The molecule has 0 aromatic carbocycles. The lowest BCUT2D eigenvalue weighted by Crippen LogP contribution is -1.77. The van der Waals surface area contributed by atoms with Crippen molar-refractivity contribution >= 4 is 33.6 Å². The molecule has 2 aromatic rings. The van der Waals surface area contributed by atoms with E-state index in [0.29, 0.717) is 0 Å². The zero-order chi connectivity index (χ0) is 6.97. The van der Waals surface area contributed by atoms with Crippen molar-refractivity contribution in [2.75, 3.05) is 0 Å². The van der Waals surface area contributed by atoms with E-state index < -0.39 is 0 Å². The molecule has 1 N–H and O–H groups in total. The van der Waals surface area contributed by atoms with Gasteiger partial charge in [0.2, 0.25) is 0 Å². The molecule has 0 saturated carbocycles. The molecule has 4 heteroatoms. The smallest absolute Gasteiger partial charge is 0.107 e. The van der Waals surface area contributed by atoms with Gasteiger partial charge >= 0.3 is 0 Å². The minimum atomic E-state index is 0.917. The van der Waals surface area contributed by atoms with Gasteiger partial charge in [0.25, 0.3) is 0 Å². The van der Waals surface area contributed by atoms with Crippen LogP contribution in [0, 0.1) is 3.70 Å². The summed E-state index contributed by atoms with van der Waals surface area (Å²) in [5.41, 5.74) is 1.96. The van der Waals surface area contributed by atoms with Gasteiger partial charge in [-0.25, -0.2) is 9.97 Å². The standard InChI is InChI=1S/C6H4IN3/c7-6-1-4-5(2-8-6)10-3-9-4/h1-3H,(H,9,10). The third kappa shape index (κ3) is 0.880. The molecule has 0 fully saturated rings. The summed E-state index contributed by atoms with van der Waals surface area (Å²) in [4.78, 5) is 11.1. The number of nitrogens with one attached hydrogen (secondary N) is 1. The van der Waals surface area contributed by atoms with Crippen LogP contribution in [-0.2, 0) is 0 Å². The fraction of sp³-hybridized carbons (Fsp3) is 0. The molecule has 0 spiro atoms. The molecular formula is C6H4IN3. The Bertz CT molecular complexity index is 355. The van der Waals surface area contributed by atoms with Crippen LogP contribution in [0.15, 0.2) is 18.6 Å². The van der Waals surface area contributed by atoms with Gasteiger partial charge in [0.15, 0.2) is 0 Å². The van der Waals surface area contributed by atoms with E-state index in [0.717, 1.165) is 14.7 Å². The predicted octanol–water partition coefficient (Wildman–Crippen LogP) is 1.56. The molecule has 0 aliphatic heterocycles. The summed E-state index contributed by atoms with van der Waals surface area (Å²) in [6.07, 6.45) is 3.43. The summed E-state index contributed by atoms with van der Waals surface area (Å²) < 4.78 is 0.981. The lowest BCUT2D eigenvalue weighted by atomic mass is 10.4. The maximum absolute atomic E-state index is 4.08. The van der Waals surface area contributed by atoms with Gasteiger partial charge in [0.05, 0.1) is 18.0 Å². The molecule has 0 aliphatic carbocycles. The van der Waals surface area contributed by atoms with Gasteiger partial charge in [0.1, 0.15) is 9.22 Å². The Morgan fingerprint density at radius 3 is 3.20 bits per heavy atom. The molecule has 0 amide bonds. The van der Waals surface area contributed by atoms with Gasteiger partial charge in [-0.15, -0.1) is 0 Å². The summed E-state index contributed by atoms with van der Waals surface area (Å²) in [7, 11) is 0. The highest BCUT2D eigenvalue weighted by atomic mass is 127. The van der Waals surface area contributed by atoms with Crippen LogP contribution >= 0.6 is 22.6 Å². The maximum Gasteiger partial charge on any atom is 0.107 e. The monoisotopic (exact) mass is 245 g/mol. The predicted molar refractivity (Wildman–Crippen MR) is 46.6 cm³/mol. The van der Waals surface area contributed by atoms with Crippen molar-refractivity contribution in [1.29, 1.82) is 0 Å². The molecule has 0 atom stereocenters. The molecule has 0 radical (unpaired) electrons. The van der Waals surface area contributed by atoms with Gasteiger partial charge in [0, 0.05) is 0 Å². The third-order valence-corrected chi connectivity index (χ3v) is 1.86. The summed E-state index contributed by atoms with van der Waals surface area (Å²) in [5.74, 6) is 0. The second-order valence-electron chi connectivity index (χ2n) is 1.93. The molecule has 3 nitrogen and oxygen atoms in total. The Morgan fingerprint density at radius 2 is 2.30 bits per heavy atom. The number of halogens is 1. The van der Waals surface area contributed by atoms with E-state index in [9.17, 15) is 0 Å². The molecule has 2 aromatic heterocycles. The van der Waals surface area contributed by atoms with Crippen LogP contribution in [0.1, 0.15) is 0 Å². The number of fused-ring (bicyclic) bond motifs is 1. The minimum absolute atomic E-state index is 0.917. The van der Waals surface area contributed by atoms with Crippen LogP contribution in [0.2, 0.25) is 0 Å². The second-order valence-corrected chi connectivity index (χ2v) is 3.03. The molecule has 0 aliphatic rings. The van der Waals surface area contributed by atoms with Crippen molar-refractivity contribution in [3.8, 4) is 0 Å². The van der Waals surface area contributed by atoms with Crippen molar-refractivity contribution in [2.24, 2.45) is 0 Å². The molecule has 0 unspecified atom stereocenters. The van der Waals surface area contributed by atoms with Crippen molar-refractivity contribution in [2.45, 2.75) is 0 Å². The summed E-state index contributed by atoms with van der Waals surface area (Å²) in [6, 6.07) is 1.96. The minimum Gasteiger partial charge on any atom is -0.344 e. The topological polar surface area (TPSA) is 41.6 Å². The van der Waals surface area contributed by atoms with E-state index >= 15 is 0 Å². The van der Waals surface area contributed by atoms with E-state index in [1.807, 2.05) is 6.07 Å². The van der Waals surface area contributed by atoms with E-state index in [-0.39, 0.29) is 0 Å². The number of rotatable bonds is 0. The van der Waals surface area contributed by atoms with E-state index in [1.165, 1.54) is 0 Å². The first-order chi connectivity index (χ1) is 4.86. The van der Waals surface area contributed by atoms with E-state index in [2.05, 4.69) is 37.5 Å². The zero-order valence-corrected chi connectivity index (χ0v) is 7.16. The number of pyridine rings is 1. The van der Waals surface area contributed by atoms with Gasteiger partial charge < -0.3 is 4.98 Å². The first-order valence-electron chi connectivity index (χ1n) is 2.81. The van der Waals surface area contributed by atoms with Crippen molar-refractivity contribution in [3.05, 3.63) is 22.3 Å². The fourth-order valence-corrected chi connectivity index (χ4v) is 1.26. The van der Waals surface area contributed by atoms with E-state index in [4.69, 9.17) is 0 Å². The number of aromatic nitrogens is 3. The van der Waals surface area contributed by atoms with E-state index in [1.54, 1.807) is 12.5 Å². The first kappa shape index (κ1) is 6.09. The Hall–Kier alpha value is -0.650. The van der Waals surface area contributed by atoms with Crippen LogP contribution in [0.3, 0.4) is 0 Å². The quantitative estimate of drug-likeness (QED) is 0.565. The highest BCUT2D eigenvalue weighted by Gasteiger charge is 1.94. The van der Waals surface area contributed by atoms with Crippen LogP contribution in [0.4, 0.5) is 0 Å². The van der Waals surface area contributed by atoms with Crippen molar-refractivity contribution in [1.82, 2.24) is 15.0 Å². The Kier molecular flexibility index (Phi) is 1.33. The number of hydrogen-bond donors (Lipinski definition) is 1.